The van der Waals surface area contributed by atoms with E-state index in [0.29, 0.717) is 11.3 Å². The van der Waals surface area contributed by atoms with Crippen LogP contribution in [-0.4, -0.2) is 38.1 Å². The molecule has 0 bridgehead atoms. The van der Waals surface area contributed by atoms with Crippen LogP contribution in [0.4, 0.5) is 0 Å². The SMILES string of the molecule is C[C@H](CCC[C@H](C)[C@H]1CC[C@@H]2[C@@H]3CC=C4C[C@@H](OC(=O)CCC(=O)O)CC[C@]4(C)[C@@H]3CC[C@@]21C)CO[Si](C)(C)C(C)(C)C. The summed E-state index contributed by atoms with van der Waals surface area (Å²) in [6.07, 6.45) is 15.7. The smallest absolute Gasteiger partial charge is 0.306 e. The van der Waals surface area contributed by atoms with E-state index in [0.717, 1.165) is 55.5 Å². The van der Waals surface area contributed by atoms with Crippen molar-refractivity contribution in [3.8, 4) is 0 Å². The Bertz CT molecular complexity index is 1030. The number of esters is 1. The molecule has 3 fully saturated rings. The third-order valence-electron chi connectivity index (χ3n) is 13.6. The van der Waals surface area contributed by atoms with E-state index < -0.39 is 14.3 Å². The molecule has 4 rings (SSSR count). The summed E-state index contributed by atoms with van der Waals surface area (Å²) in [5.74, 6) is 3.32. The number of hydrogen-bond donors (Lipinski definition) is 1. The molecule has 0 saturated heterocycles. The molecule has 0 spiro atoms. The van der Waals surface area contributed by atoms with Crippen LogP contribution in [-0.2, 0) is 18.8 Å². The van der Waals surface area contributed by atoms with Crippen molar-refractivity contribution in [1.29, 1.82) is 0 Å². The fourth-order valence-corrected chi connectivity index (χ4v) is 10.9. The summed E-state index contributed by atoms with van der Waals surface area (Å²) in [5.41, 5.74) is 2.20. The van der Waals surface area contributed by atoms with Crippen LogP contribution in [0, 0.1) is 46.3 Å². The summed E-state index contributed by atoms with van der Waals surface area (Å²) in [6.45, 7) is 22.7. The molecule has 0 radical (unpaired) electrons. The number of rotatable bonds is 12. The highest BCUT2D eigenvalue weighted by atomic mass is 28.4. The molecule has 0 aromatic rings. The highest BCUT2D eigenvalue weighted by Gasteiger charge is 2.59. The molecule has 0 amide bonds. The number of allylic oxidation sites excluding steroid dienone is 1. The minimum atomic E-state index is -1.67. The lowest BCUT2D eigenvalue weighted by Gasteiger charge is -2.58. The third kappa shape index (κ3) is 7.47. The maximum atomic E-state index is 12.2. The maximum Gasteiger partial charge on any atom is 0.306 e. The van der Waals surface area contributed by atoms with Crippen LogP contribution in [0.5, 0.6) is 0 Å². The van der Waals surface area contributed by atoms with Crippen LogP contribution in [0.2, 0.25) is 18.1 Å². The number of ether oxygens (including phenoxy) is 1. The van der Waals surface area contributed by atoms with E-state index in [1.807, 2.05) is 0 Å². The number of carboxylic acid groups (broad SMARTS) is 1. The summed E-state index contributed by atoms with van der Waals surface area (Å²) in [7, 11) is -1.67. The number of hydrogen-bond acceptors (Lipinski definition) is 4. The third-order valence-corrected chi connectivity index (χ3v) is 18.1. The Balaban J connectivity index is 1.30. The molecule has 0 aromatic carbocycles. The van der Waals surface area contributed by atoms with Gasteiger partial charge in [0.15, 0.2) is 8.32 Å². The highest BCUT2D eigenvalue weighted by molar-refractivity contribution is 6.74. The van der Waals surface area contributed by atoms with E-state index in [4.69, 9.17) is 14.3 Å². The number of carbonyl (C=O) groups is 2. The number of fused-ring (bicyclic) bond motifs is 5. The van der Waals surface area contributed by atoms with Gasteiger partial charge in [-0.15, -0.1) is 0 Å². The predicted molar refractivity (Wildman–Crippen MR) is 177 cm³/mol. The lowest BCUT2D eigenvalue weighted by Crippen LogP contribution is -2.51. The second-order valence-corrected chi connectivity index (χ2v) is 22.1. The van der Waals surface area contributed by atoms with Gasteiger partial charge < -0.3 is 14.3 Å². The molecule has 0 heterocycles. The summed E-state index contributed by atoms with van der Waals surface area (Å²) in [6, 6.07) is 0. The monoisotopic (exact) mass is 616 g/mol. The first-order valence-corrected chi connectivity index (χ1v) is 20.6. The molecule has 0 unspecified atom stereocenters. The van der Waals surface area contributed by atoms with Crippen molar-refractivity contribution in [3.63, 3.8) is 0 Å². The Morgan fingerprint density at radius 2 is 1.74 bits per heavy atom. The van der Waals surface area contributed by atoms with Gasteiger partial charge in [0.1, 0.15) is 6.10 Å². The lowest BCUT2D eigenvalue weighted by atomic mass is 9.47. The number of aliphatic carboxylic acids is 1. The van der Waals surface area contributed by atoms with E-state index in [1.54, 1.807) is 0 Å². The van der Waals surface area contributed by atoms with Gasteiger partial charge in [-0.3, -0.25) is 9.59 Å². The van der Waals surface area contributed by atoms with E-state index in [2.05, 4.69) is 67.6 Å². The standard InChI is InChI=1S/C37H64O5Si/c1-25(24-41-43(8,9)35(3,4)5)11-10-12-26(2)30-15-16-31-29-14-13-27-23-28(42-34(40)18-17-33(38)39)19-21-36(27,6)32(29)20-22-37(30,31)7/h13,25-26,28-32H,10-12,14-24H2,1-9H3,(H,38,39)/t25-,26+,28+,29+,30-,31-,32-,36+,37-/m1/s1. The van der Waals surface area contributed by atoms with Gasteiger partial charge in [0.2, 0.25) is 0 Å². The Labute approximate surface area is 264 Å². The predicted octanol–water partition coefficient (Wildman–Crippen LogP) is 9.81. The minimum Gasteiger partial charge on any atom is -0.481 e. The van der Waals surface area contributed by atoms with E-state index in [9.17, 15) is 9.59 Å². The van der Waals surface area contributed by atoms with Gasteiger partial charge >= 0.3 is 11.9 Å². The fourth-order valence-electron chi connectivity index (χ4n) is 9.80. The van der Waals surface area contributed by atoms with Crippen LogP contribution < -0.4 is 0 Å². The van der Waals surface area contributed by atoms with Gasteiger partial charge in [-0.2, -0.15) is 0 Å². The normalized spacial score (nSPS) is 35.7. The van der Waals surface area contributed by atoms with Gasteiger partial charge in [0.25, 0.3) is 0 Å². The van der Waals surface area contributed by atoms with E-state index >= 15 is 0 Å². The Kier molecular flexibility index (Phi) is 10.7. The van der Waals surface area contributed by atoms with Crippen LogP contribution in [0.15, 0.2) is 11.6 Å². The Morgan fingerprint density at radius 1 is 1.02 bits per heavy atom. The Morgan fingerprint density at radius 3 is 2.42 bits per heavy atom. The molecule has 0 aliphatic heterocycles. The molecule has 246 valence electrons. The van der Waals surface area contributed by atoms with Crippen LogP contribution in [0.1, 0.15) is 132 Å². The van der Waals surface area contributed by atoms with Crippen molar-refractivity contribution in [2.75, 3.05) is 6.61 Å². The average Bonchev–Trinajstić information content (AvgIpc) is 3.27. The van der Waals surface area contributed by atoms with Crippen molar-refractivity contribution < 1.29 is 23.9 Å². The molecular formula is C37H64O5Si. The van der Waals surface area contributed by atoms with Crippen molar-refractivity contribution in [3.05, 3.63) is 11.6 Å². The molecular weight excluding hydrogens is 552 g/mol. The van der Waals surface area contributed by atoms with Gasteiger partial charge in [0.05, 0.1) is 12.8 Å². The highest BCUT2D eigenvalue weighted by Crippen LogP contribution is 2.67. The zero-order valence-electron chi connectivity index (χ0n) is 29.1. The topological polar surface area (TPSA) is 72.8 Å². The first-order valence-electron chi connectivity index (χ1n) is 17.7. The second kappa shape index (κ2) is 13.3. The minimum absolute atomic E-state index is 0.0304. The lowest BCUT2D eigenvalue weighted by molar-refractivity contribution is -0.154. The molecule has 1 N–H and O–H groups in total. The summed E-state index contributed by atoms with van der Waals surface area (Å²) in [5, 5.41) is 9.17. The van der Waals surface area contributed by atoms with Gasteiger partial charge in [-0.05, 0) is 116 Å². The van der Waals surface area contributed by atoms with Crippen LogP contribution >= 0.6 is 0 Å². The van der Waals surface area contributed by atoms with E-state index in [1.165, 1.54) is 56.9 Å². The molecule has 5 nitrogen and oxygen atoms in total. The quantitative estimate of drug-likeness (QED) is 0.134. The molecule has 4 aliphatic carbocycles. The van der Waals surface area contributed by atoms with Crippen molar-refractivity contribution in [2.45, 2.75) is 156 Å². The maximum absolute atomic E-state index is 12.2. The Hall–Kier alpha value is -1.14. The molecule has 43 heavy (non-hydrogen) atoms. The second-order valence-electron chi connectivity index (χ2n) is 17.3. The summed E-state index contributed by atoms with van der Waals surface area (Å²) >= 11 is 0. The van der Waals surface area contributed by atoms with Gasteiger partial charge in [-0.1, -0.05) is 73.0 Å². The van der Waals surface area contributed by atoms with Gasteiger partial charge in [-0.25, -0.2) is 0 Å². The van der Waals surface area contributed by atoms with Crippen molar-refractivity contribution >= 4 is 20.3 Å². The largest absolute Gasteiger partial charge is 0.481 e. The van der Waals surface area contributed by atoms with Gasteiger partial charge in [0, 0.05) is 13.0 Å². The zero-order chi connectivity index (χ0) is 31.8. The molecule has 9 atom stereocenters. The molecule has 0 aromatic heterocycles. The average molecular weight is 617 g/mol. The van der Waals surface area contributed by atoms with Crippen molar-refractivity contribution in [1.82, 2.24) is 0 Å². The first kappa shape index (κ1) is 34.7. The molecule has 3 saturated carbocycles. The fraction of sp³-hybridized carbons (Fsp3) is 0.892. The first-order chi connectivity index (χ1) is 20.0. The van der Waals surface area contributed by atoms with Crippen LogP contribution in [0.3, 0.4) is 0 Å². The number of carboxylic acids is 1. The van der Waals surface area contributed by atoms with E-state index in [-0.39, 0.29) is 35.4 Å². The molecule has 4 aliphatic rings. The van der Waals surface area contributed by atoms with Crippen molar-refractivity contribution in [2.24, 2.45) is 46.3 Å². The number of carbonyl (C=O) groups excluding carboxylic acids is 1. The summed E-state index contributed by atoms with van der Waals surface area (Å²) in [4.78, 5) is 23.1. The summed E-state index contributed by atoms with van der Waals surface area (Å²) < 4.78 is 12.3. The zero-order valence-corrected chi connectivity index (χ0v) is 30.1. The van der Waals surface area contributed by atoms with Crippen LogP contribution in [0.25, 0.3) is 0 Å². The molecule has 6 heteroatoms.